The summed E-state index contributed by atoms with van der Waals surface area (Å²) < 4.78 is 11.4. The number of rotatable bonds is 5. The standard InChI is InChI=1S/C51H30N4OS/c1-3-13-31(14-4-1)49-52-50(32-15-5-2-6-16-32)54-51(53-49)34-26-28-45-40(30-34)39-29-33(25-27-44(39)56-45)35-19-11-20-38-47-43(23-12-24-46(47)57-48(35)38)55-41-21-9-7-17-36(41)37-18-8-10-22-42(37)55/h1-30H. The second kappa shape index (κ2) is 12.6. The van der Waals surface area contributed by atoms with Crippen molar-refractivity contribution in [2.24, 2.45) is 0 Å². The highest BCUT2D eigenvalue weighted by atomic mass is 32.1. The van der Waals surface area contributed by atoms with Crippen LogP contribution in [0.1, 0.15) is 0 Å². The Hall–Kier alpha value is -7.41. The monoisotopic (exact) mass is 746 g/mol. The van der Waals surface area contributed by atoms with Gasteiger partial charge in [0.25, 0.3) is 0 Å². The van der Waals surface area contributed by atoms with Gasteiger partial charge in [0.15, 0.2) is 17.5 Å². The van der Waals surface area contributed by atoms with Crippen LogP contribution in [0.2, 0.25) is 0 Å². The molecule has 0 N–H and O–H groups in total. The van der Waals surface area contributed by atoms with Crippen LogP contribution < -0.4 is 0 Å². The van der Waals surface area contributed by atoms with Crippen molar-refractivity contribution in [1.29, 1.82) is 0 Å². The van der Waals surface area contributed by atoms with Gasteiger partial charge in [-0.3, -0.25) is 0 Å². The number of para-hydroxylation sites is 2. The molecule has 12 rings (SSSR count). The van der Waals surface area contributed by atoms with Gasteiger partial charge in [-0.15, -0.1) is 11.3 Å². The van der Waals surface area contributed by atoms with E-state index in [-0.39, 0.29) is 0 Å². The Morgan fingerprint density at radius 3 is 1.58 bits per heavy atom. The molecule has 0 saturated carbocycles. The molecule has 12 aromatic rings. The molecule has 5 nitrogen and oxygen atoms in total. The minimum atomic E-state index is 0.615. The summed E-state index contributed by atoms with van der Waals surface area (Å²) in [7, 11) is 0. The minimum absolute atomic E-state index is 0.615. The molecule has 0 aliphatic carbocycles. The van der Waals surface area contributed by atoms with Gasteiger partial charge in [0.05, 0.1) is 16.7 Å². The van der Waals surface area contributed by atoms with Gasteiger partial charge in [0.2, 0.25) is 0 Å². The molecular weight excluding hydrogens is 717 g/mol. The molecule has 0 radical (unpaired) electrons. The second-order valence-electron chi connectivity index (χ2n) is 14.4. The van der Waals surface area contributed by atoms with Crippen LogP contribution in [-0.4, -0.2) is 19.5 Å². The molecule has 0 aliphatic rings. The Morgan fingerprint density at radius 2 is 0.930 bits per heavy atom. The predicted octanol–water partition coefficient (Wildman–Crippen LogP) is 13.9. The molecule has 0 spiro atoms. The average Bonchev–Trinajstić information content (AvgIpc) is 3.96. The highest BCUT2D eigenvalue weighted by Crippen LogP contribution is 2.45. The van der Waals surface area contributed by atoms with E-state index in [0.29, 0.717) is 17.5 Å². The smallest absolute Gasteiger partial charge is 0.164 e. The lowest BCUT2D eigenvalue weighted by Gasteiger charge is -2.10. The predicted molar refractivity (Wildman–Crippen MR) is 236 cm³/mol. The summed E-state index contributed by atoms with van der Waals surface area (Å²) >= 11 is 1.86. The van der Waals surface area contributed by atoms with Crippen molar-refractivity contribution in [3.05, 3.63) is 182 Å². The molecule has 0 saturated heterocycles. The van der Waals surface area contributed by atoms with E-state index in [0.717, 1.165) is 44.2 Å². The topological polar surface area (TPSA) is 56.7 Å². The maximum atomic E-state index is 6.43. The third kappa shape index (κ3) is 5.04. The number of benzene rings is 8. The molecular formula is C51H30N4OS. The van der Waals surface area contributed by atoms with Crippen LogP contribution >= 0.6 is 11.3 Å². The first kappa shape index (κ1) is 31.9. The molecule has 4 aromatic heterocycles. The van der Waals surface area contributed by atoms with Crippen molar-refractivity contribution < 1.29 is 4.42 Å². The number of nitrogens with zero attached hydrogens (tertiary/aromatic N) is 4. The van der Waals surface area contributed by atoms with E-state index >= 15 is 0 Å². The molecule has 6 heteroatoms. The van der Waals surface area contributed by atoms with E-state index < -0.39 is 0 Å². The van der Waals surface area contributed by atoms with Crippen molar-refractivity contribution in [3.8, 4) is 51.0 Å². The Morgan fingerprint density at radius 1 is 0.404 bits per heavy atom. The van der Waals surface area contributed by atoms with Crippen molar-refractivity contribution in [2.75, 3.05) is 0 Å². The van der Waals surface area contributed by atoms with E-state index in [4.69, 9.17) is 19.4 Å². The number of hydrogen-bond donors (Lipinski definition) is 0. The van der Waals surface area contributed by atoms with Crippen LogP contribution in [0.4, 0.5) is 0 Å². The summed E-state index contributed by atoms with van der Waals surface area (Å²) in [4.78, 5) is 14.9. The van der Waals surface area contributed by atoms with Crippen molar-refractivity contribution >= 4 is 75.3 Å². The van der Waals surface area contributed by atoms with Crippen LogP contribution in [-0.2, 0) is 0 Å². The lowest BCUT2D eigenvalue weighted by molar-refractivity contribution is 0.669. The van der Waals surface area contributed by atoms with Crippen LogP contribution in [0.25, 0.3) is 115 Å². The zero-order valence-electron chi connectivity index (χ0n) is 30.4. The summed E-state index contributed by atoms with van der Waals surface area (Å²) in [5, 5.41) is 7.12. The first-order valence-corrected chi connectivity index (χ1v) is 19.8. The highest BCUT2D eigenvalue weighted by molar-refractivity contribution is 7.26. The van der Waals surface area contributed by atoms with E-state index in [1.54, 1.807) is 0 Å². The average molecular weight is 747 g/mol. The Balaban J connectivity index is 1.02. The lowest BCUT2D eigenvalue weighted by atomic mass is 10.00. The molecule has 0 fully saturated rings. The van der Waals surface area contributed by atoms with Gasteiger partial charge in [-0.2, -0.15) is 0 Å². The highest BCUT2D eigenvalue weighted by Gasteiger charge is 2.19. The molecule has 0 unspecified atom stereocenters. The van der Waals surface area contributed by atoms with Gasteiger partial charge in [0, 0.05) is 58.4 Å². The third-order valence-corrected chi connectivity index (χ3v) is 12.3. The summed E-state index contributed by atoms with van der Waals surface area (Å²) in [6, 6.07) is 63.8. The van der Waals surface area contributed by atoms with E-state index in [1.807, 2.05) is 84.1 Å². The summed E-state index contributed by atoms with van der Waals surface area (Å²) in [5.74, 6) is 1.89. The minimum Gasteiger partial charge on any atom is -0.456 e. The fourth-order valence-electron chi connectivity index (χ4n) is 8.45. The van der Waals surface area contributed by atoms with Crippen LogP contribution in [0.3, 0.4) is 0 Å². The van der Waals surface area contributed by atoms with Gasteiger partial charge >= 0.3 is 0 Å². The fourth-order valence-corrected chi connectivity index (χ4v) is 9.71. The summed E-state index contributed by atoms with van der Waals surface area (Å²) in [5.41, 5.74) is 10.4. The molecule has 4 heterocycles. The van der Waals surface area contributed by atoms with Crippen molar-refractivity contribution in [1.82, 2.24) is 19.5 Å². The number of fused-ring (bicyclic) bond motifs is 9. The van der Waals surface area contributed by atoms with Crippen molar-refractivity contribution in [2.45, 2.75) is 0 Å². The molecule has 0 bridgehead atoms. The molecule has 0 amide bonds. The lowest BCUT2D eigenvalue weighted by Crippen LogP contribution is -2.00. The van der Waals surface area contributed by atoms with Crippen LogP contribution in [0, 0.1) is 0 Å². The van der Waals surface area contributed by atoms with E-state index in [9.17, 15) is 0 Å². The number of aromatic nitrogens is 4. The molecule has 0 aliphatic heterocycles. The first-order chi connectivity index (χ1) is 28.2. The zero-order chi connectivity index (χ0) is 37.5. The quantitative estimate of drug-likeness (QED) is 0.176. The van der Waals surface area contributed by atoms with Crippen LogP contribution in [0.5, 0.6) is 0 Å². The zero-order valence-corrected chi connectivity index (χ0v) is 31.2. The van der Waals surface area contributed by atoms with Gasteiger partial charge < -0.3 is 8.98 Å². The molecule has 8 aromatic carbocycles. The SMILES string of the molecule is c1ccc(-c2nc(-c3ccccc3)nc(-c3ccc4oc5ccc(-c6cccc7c6sc6cccc(-n8c9ccccc9c9ccccc98)c67)cc5c4c3)n2)cc1. The third-order valence-electron chi connectivity index (χ3n) is 11.1. The molecule has 0 atom stereocenters. The van der Waals surface area contributed by atoms with Crippen LogP contribution in [0.15, 0.2) is 186 Å². The Bertz CT molecular complexity index is 3420. The maximum Gasteiger partial charge on any atom is 0.164 e. The van der Waals surface area contributed by atoms with Gasteiger partial charge in [-0.05, 0) is 65.7 Å². The maximum absolute atomic E-state index is 6.43. The molecule has 57 heavy (non-hydrogen) atoms. The first-order valence-electron chi connectivity index (χ1n) is 19.0. The normalized spacial score (nSPS) is 11.9. The van der Waals surface area contributed by atoms with Crippen molar-refractivity contribution in [3.63, 3.8) is 0 Å². The largest absolute Gasteiger partial charge is 0.456 e. The Labute approximate surface area is 330 Å². The second-order valence-corrected chi connectivity index (χ2v) is 15.4. The van der Waals surface area contributed by atoms with Gasteiger partial charge in [-0.25, -0.2) is 15.0 Å². The number of hydrogen-bond acceptors (Lipinski definition) is 5. The Kier molecular flexibility index (Phi) is 7.03. The summed E-state index contributed by atoms with van der Waals surface area (Å²) in [6.45, 7) is 0. The number of furan rings is 1. The fraction of sp³-hybridized carbons (Fsp3) is 0. The van der Waals surface area contributed by atoms with Gasteiger partial charge in [0.1, 0.15) is 11.2 Å². The molecule has 266 valence electrons. The van der Waals surface area contributed by atoms with E-state index in [2.05, 4.69) is 114 Å². The summed E-state index contributed by atoms with van der Waals surface area (Å²) in [6.07, 6.45) is 0. The number of thiophene rings is 1. The van der Waals surface area contributed by atoms with Gasteiger partial charge in [-0.1, -0.05) is 127 Å². The van der Waals surface area contributed by atoms with E-state index in [1.165, 1.54) is 53.2 Å².